The zero-order valence-corrected chi connectivity index (χ0v) is 9.25. The van der Waals surface area contributed by atoms with Crippen LogP contribution in [0, 0.1) is 5.92 Å². The Hall–Kier alpha value is -0.710. The molecule has 0 atom stereocenters. The molecule has 1 heterocycles. The molecule has 1 saturated heterocycles. The van der Waals surface area contributed by atoms with E-state index < -0.39 is 5.92 Å². The minimum absolute atomic E-state index is 0.102. The Labute approximate surface area is 93.7 Å². The first kappa shape index (κ1) is 11.8. The summed E-state index contributed by atoms with van der Waals surface area (Å²) in [6, 6.07) is 0. The Morgan fingerprint density at radius 3 is 2.50 bits per heavy atom. The highest BCUT2D eigenvalue weighted by Gasteiger charge is 2.39. The summed E-state index contributed by atoms with van der Waals surface area (Å²) in [5.41, 5.74) is 0. The van der Waals surface area contributed by atoms with Crippen molar-refractivity contribution >= 4 is 5.91 Å². The topological polar surface area (TPSA) is 29.5 Å². The van der Waals surface area contributed by atoms with E-state index in [0.717, 1.165) is 12.8 Å². The standard InChI is InChI=1S/C11H17F2NO2/c12-11(13)5-3-9(4-6-11)10(15)14-7-1-2-8-16-14/h9H,1-8H2. The van der Waals surface area contributed by atoms with Crippen molar-refractivity contribution in [3.63, 3.8) is 0 Å². The van der Waals surface area contributed by atoms with Gasteiger partial charge in [0.1, 0.15) is 0 Å². The number of halogens is 2. The van der Waals surface area contributed by atoms with Gasteiger partial charge in [-0.3, -0.25) is 9.63 Å². The normalized spacial score (nSPS) is 26.8. The molecule has 0 unspecified atom stereocenters. The lowest BCUT2D eigenvalue weighted by Gasteiger charge is -2.33. The number of rotatable bonds is 1. The van der Waals surface area contributed by atoms with Gasteiger partial charge in [-0.1, -0.05) is 0 Å². The molecule has 1 aliphatic carbocycles. The van der Waals surface area contributed by atoms with Crippen LogP contribution in [-0.2, 0) is 9.63 Å². The van der Waals surface area contributed by atoms with Crippen molar-refractivity contribution in [1.82, 2.24) is 5.06 Å². The van der Waals surface area contributed by atoms with Crippen LogP contribution >= 0.6 is 0 Å². The second-order valence-electron chi connectivity index (χ2n) is 4.61. The number of hydrogen-bond acceptors (Lipinski definition) is 2. The average Bonchev–Trinajstić information content (AvgIpc) is 2.29. The summed E-state index contributed by atoms with van der Waals surface area (Å²) in [5.74, 6) is -2.94. The first-order valence-corrected chi connectivity index (χ1v) is 5.91. The Bertz CT molecular complexity index is 255. The maximum Gasteiger partial charge on any atom is 0.249 e. The van der Waals surface area contributed by atoms with E-state index >= 15 is 0 Å². The molecule has 3 nitrogen and oxygen atoms in total. The molecule has 0 spiro atoms. The van der Waals surface area contributed by atoms with Crippen LogP contribution in [0.5, 0.6) is 0 Å². The molecular formula is C11H17F2NO2. The highest BCUT2D eigenvalue weighted by Crippen LogP contribution is 2.37. The second kappa shape index (κ2) is 4.65. The van der Waals surface area contributed by atoms with E-state index in [1.54, 1.807) is 0 Å². The number of hydroxylamine groups is 2. The third-order valence-electron chi connectivity index (χ3n) is 3.31. The lowest BCUT2D eigenvalue weighted by Crippen LogP contribution is -2.41. The summed E-state index contributed by atoms with van der Waals surface area (Å²) < 4.78 is 25.9. The fraction of sp³-hybridized carbons (Fsp3) is 0.909. The molecule has 92 valence electrons. The third kappa shape index (κ3) is 2.70. The molecule has 0 radical (unpaired) electrons. The number of amides is 1. The lowest BCUT2D eigenvalue weighted by atomic mass is 9.86. The van der Waals surface area contributed by atoms with Gasteiger partial charge in [-0.05, 0) is 25.7 Å². The Morgan fingerprint density at radius 1 is 1.25 bits per heavy atom. The molecule has 1 saturated carbocycles. The summed E-state index contributed by atoms with van der Waals surface area (Å²) in [4.78, 5) is 17.2. The van der Waals surface area contributed by atoms with E-state index in [0.29, 0.717) is 13.2 Å². The van der Waals surface area contributed by atoms with Crippen LogP contribution in [0.25, 0.3) is 0 Å². The van der Waals surface area contributed by atoms with Gasteiger partial charge in [0.25, 0.3) is 0 Å². The summed E-state index contributed by atoms with van der Waals surface area (Å²) in [7, 11) is 0. The largest absolute Gasteiger partial charge is 0.272 e. The summed E-state index contributed by atoms with van der Waals surface area (Å²) in [5, 5.41) is 1.37. The van der Waals surface area contributed by atoms with Gasteiger partial charge in [0.2, 0.25) is 11.8 Å². The van der Waals surface area contributed by atoms with Crippen LogP contribution in [0.2, 0.25) is 0 Å². The number of alkyl halides is 2. The molecule has 2 rings (SSSR count). The molecule has 0 aromatic rings. The summed E-state index contributed by atoms with van der Waals surface area (Å²) >= 11 is 0. The van der Waals surface area contributed by atoms with Crippen molar-refractivity contribution in [2.75, 3.05) is 13.2 Å². The van der Waals surface area contributed by atoms with Crippen LogP contribution in [-0.4, -0.2) is 30.0 Å². The van der Waals surface area contributed by atoms with Gasteiger partial charge < -0.3 is 0 Å². The highest BCUT2D eigenvalue weighted by atomic mass is 19.3. The van der Waals surface area contributed by atoms with Crippen molar-refractivity contribution in [2.24, 2.45) is 5.92 Å². The zero-order chi connectivity index (χ0) is 11.6. The monoisotopic (exact) mass is 233 g/mol. The van der Waals surface area contributed by atoms with Gasteiger partial charge in [0, 0.05) is 25.3 Å². The van der Waals surface area contributed by atoms with Crippen LogP contribution in [0.3, 0.4) is 0 Å². The minimum Gasteiger partial charge on any atom is -0.272 e. The van der Waals surface area contributed by atoms with E-state index in [2.05, 4.69) is 0 Å². The third-order valence-corrected chi connectivity index (χ3v) is 3.31. The van der Waals surface area contributed by atoms with Crippen LogP contribution in [0.15, 0.2) is 0 Å². The van der Waals surface area contributed by atoms with Gasteiger partial charge in [-0.25, -0.2) is 13.8 Å². The van der Waals surface area contributed by atoms with Crippen molar-refractivity contribution in [1.29, 1.82) is 0 Å². The summed E-state index contributed by atoms with van der Waals surface area (Å²) in [6.45, 7) is 1.17. The zero-order valence-electron chi connectivity index (χ0n) is 9.25. The van der Waals surface area contributed by atoms with E-state index in [1.165, 1.54) is 5.06 Å². The molecule has 0 aromatic heterocycles. The average molecular weight is 233 g/mol. The van der Waals surface area contributed by atoms with Crippen molar-refractivity contribution in [2.45, 2.75) is 44.4 Å². The van der Waals surface area contributed by atoms with Gasteiger partial charge in [-0.2, -0.15) is 0 Å². The first-order valence-electron chi connectivity index (χ1n) is 5.91. The maximum absolute atomic E-state index is 12.9. The molecule has 5 heteroatoms. The molecule has 1 aliphatic heterocycles. The predicted octanol–water partition coefficient (Wildman–Crippen LogP) is 2.37. The SMILES string of the molecule is O=C(C1CCC(F)(F)CC1)N1CCCCO1. The predicted molar refractivity (Wildman–Crippen MR) is 53.8 cm³/mol. The molecule has 0 aromatic carbocycles. The van der Waals surface area contributed by atoms with Gasteiger partial charge in [-0.15, -0.1) is 0 Å². The highest BCUT2D eigenvalue weighted by molar-refractivity contribution is 5.78. The van der Waals surface area contributed by atoms with Crippen molar-refractivity contribution < 1.29 is 18.4 Å². The quantitative estimate of drug-likeness (QED) is 0.695. The van der Waals surface area contributed by atoms with E-state index in [-0.39, 0.29) is 37.5 Å². The number of nitrogens with zero attached hydrogens (tertiary/aromatic N) is 1. The summed E-state index contributed by atoms with van der Waals surface area (Å²) in [6.07, 6.45) is 2.13. The van der Waals surface area contributed by atoms with Gasteiger partial charge in [0.05, 0.1) is 6.61 Å². The molecule has 1 amide bonds. The molecule has 0 bridgehead atoms. The second-order valence-corrected chi connectivity index (χ2v) is 4.61. The van der Waals surface area contributed by atoms with Crippen LogP contribution in [0.1, 0.15) is 38.5 Å². The van der Waals surface area contributed by atoms with Crippen molar-refractivity contribution in [3.8, 4) is 0 Å². The van der Waals surface area contributed by atoms with Gasteiger partial charge in [0.15, 0.2) is 0 Å². The molecule has 16 heavy (non-hydrogen) atoms. The fourth-order valence-corrected chi connectivity index (χ4v) is 2.26. The van der Waals surface area contributed by atoms with E-state index in [9.17, 15) is 13.6 Å². The maximum atomic E-state index is 12.9. The molecule has 2 aliphatic rings. The molecule has 2 fully saturated rings. The smallest absolute Gasteiger partial charge is 0.249 e. The molecule has 0 N–H and O–H groups in total. The van der Waals surface area contributed by atoms with E-state index in [1.807, 2.05) is 0 Å². The van der Waals surface area contributed by atoms with Crippen molar-refractivity contribution in [3.05, 3.63) is 0 Å². The Kier molecular flexibility index (Phi) is 3.42. The van der Waals surface area contributed by atoms with Crippen LogP contribution in [0.4, 0.5) is 8.78 Å². The van der Waals surface area contributed by atoms with Crippen LogP contribution < -0.4 is 0 Å². The molecular weight excluding hydrogens is 216 g/mol. The Balaban J connectivity index is 1.86. The first-order chi connectivity index (χ1) is 7.58. The lowest BCUT2D eigenvalue weighted by molar-refractivity contribution is -0.203. The number of carbonyl (C=O) groups excluding carboxylic acids is 1. The number of carbonyl (C=O) groups is 1. The number of hydrogen-bond donors (Lipinski definition) is 0. The fourth-order valence-electron chi connectivity index (χ4n) is 2.26. The van der Waals surface area contributed by atoms with E-state index in [4.69, 9.17) is 4.84 Å². The minimum atomic E-state index is -2.57. The van der Waals surface area contributed by atoms with Gasteiger partial charge >= 0.3 is 0 Å². The Morgan fingerprint density at radius 2 is 1.94 bits per heavy atom.